The lowest BCUT2D eigenvalue weighted by Crippen LogP contribution is -2.81. The molecule has 4 nitrogen and oxygen atoms in total. The van der Waals surface area contributed by atoms with Crippen molar-refractivity contribution in [2.24, 2.45) is 0 Å². The topological polar surface area (TPSA) is 52.6 Å². The Morgan fingerprint density at radius 2 is 0.485 bits per heavy atom. The van der Waals surface area contributed by atoms with Crippen LogP contribution in [-0.4, -0.2) is 49.6 Å². The minimum atomic E-state index is -7.22. The molecule has 0 N–H and O–H groups in total. The minimum absolute atomic E-state index is 0.00981. The third-order valence-corrected chi connectivity index (χ3v) is 18.3. The van der Waals surface area contributed by atoms with Crippen LogP contribution in [0.2, 0.25) is 0 Å². The lowest BCUT2D eigenvalue weighted by molar-refractivity contribution is -0.147. The summed E-state index contributed by atoms with van der Waals surface area (Å²) in [7, 11) is -0.00981. The largest absolute Gasteiger partial charge is 0.462 e. The standard InChI is InChI=1S/C49H87O4S.C24BF20/c1-5-7-9-11-13-15-17-19-21-23-25-27-29-31-33-38-42-52-48(50)47(46(44-54(3)4)45-40-36-35-37-41-45)49(51)53-43-39-34-32-30-28-26-24-22-20-18-16-14-12-10-8-6-2;26-5-1(6(27)14(35)21(42)13(5)34)25(2-7(28)15(36)22(43)16(37)8(2)29,3-9(30)17(38)23(44)18(39)10(3)31)4-11(32)19(40)24(45)20(41)12(4)33/h35-37,40-41H,5-34,38-39,42-44H2,1-4H3;/q+1;-1. The zero-order valence-electron chi connectivity index (χ0n) is 56.3. The van der Waals surface area contributed by atoms with Crippen LogP contribution in [0.25, 0.3) is 5.57 Å². The second-order valence-electron chi connectivity index (χ2n) is 25.0. The highest BCUT2D eigenvalue weighted by Crippen LogP contribution is 2.32. The average molecular weight is 1450 g/mol. The van der Waals surface area contributed by atoms with Gasteiger partial charge in [-0.25, -0.2) is 97.4 Å². The van der Waals surface area contributed by atoms with Gasteiger partial charge in [0.15, 0.2) is 75.4 Å². The van der Waals surface area contributed by atoms with Crippen molar-refractivity contribution in [3.63, 3.8) is 0 Å². The molecule has 0 atom stereocenters. The molecule has 26 heteroatoms. The van der Waals surface area contributed by atoms with Crippen LogP contribution in [0.1, 0.15) is 225 Å². The summed E-state index contributed by atoms with van der Waals surface area (Å²) >= 11 is 0. The van der Waals surface area contributed by atoms with Gasteiger partial charge in [0.2, 0.25) is 0 Å². The maximum absolute atomic E-state index is 15.4. The Labute approximate surface area is 569 Å². The summed E-state index contributed by atoms with van der Waals surface area (Å²) in [5.74, 6) is -71.8. The number of hydrogen-bond acceptors (Lipinski definition) is 4. The fraction of sp³-hybridized carbons (Fsp3) is 0.534. The molecule has 5 aromatic rings. The molecule has 0 saturated heterocycles. The van der Waals surface area contributed by atoms with E-state index in [0.29, 0.717) is 19.0 Å². The number of benzene rings is 5. The third kappa shape index (κ3) is 22.9. The van der Waals surface area contributed by atoms with Gasteiger partial charge in [0.05, 0.1) is 25.7 Å². The zero-order chi connectivity index (χ0) is 73.5. The first-order valence-corrected chi connectivity index (χ1v) is 36.3. The van der Waals surface area contributed by atoms with Crippen LogP contribution < -0.4 is 21.9 Å². The molecule has 0 aromatic heterocycles. The fourth-order valence-electron chi connectivity index (χ4n) is 12.2. The Kier molecular flexibility index (Phi) is 37.5. The van der Waals surface area contributed by atoms with Gasteiger partial charge in [0.1, 0.15) is 58.4 Å². The molecule has 99 heavy (non-hydrogen) atoms. The fourth-order valence-corrected chi connectivity index (χ4v) is 13.1. The van der Waals surface area contributed by atoms with Gasteiger partial charge in [-0.2, -0.15) is 0 Å². The summed E-state index contributed by atoms with van der Waals surface area (Å²) in [5.41, 5.74) is -12.6. The molecule has 5 aromatic carbocycles. The number of esters is 2. The smallest absolute Gasteiger partial charge is 0.346 e. The molecule has 0 aliphatic carbocycles. The number of halogens is 20. The molecule has 0 heterocycles. The normalized spacial score (nSPS) is 11.6. The number of hydrogen-bond donors (Lipinski definition) is 0. The van der Waals surface area contributed by atoms with Crippen molar-refractivity contribution in [1.29, 1.82) is 0 Å². The quantitative estimate of drug-likeness (QED) is 0.00373. The molecule has 0 fully saturated rings. The van der Waals surface area contributed by atoms with E-state index < -0.39 is 156 Å². The number of carbonyl (C=O) groups excluding carboxylic acids is 2. The number of unbranched alkanes of at least 4 members (excludes halogenated alkanes) is 30. The van der Waals surface area contributed by atoms with E-state index >= 15 is 35.1 Å². The molecular formula is C73H87BF20O4S. The highest BCUT2D eigenvalue weighted by atomic mass is 32.2. The molecule has 5 rings (SSSR count). The molecule has 0 aliphatic heterocycles. The first kappa shape index (κ1) is 85.2. The summed E-state index contributed by atoms with van der Waals surface area (Å²) in [6.45, 7) is 5.26. The van der Waals surface area contributed by atoms with Gasteiger partial charge >= 0.3 is 11.9 Å². The zero-order valence-corrected chi connectivity index (χ0v) is 57.1. The van der Waals surface area contributed by atoms with Crippen LogP contribution in [0.4, 0.5) is 87.8 Å². The number of carbonyl (C=O) groups is 2. The van der Waals surface area contributed by atoms with Crippen molar-refractivity contribution in [3.05, 3.63) is 158 Å². The molecule has 0 spiro atoms. The molecule has 0 radical (unpaired) electrons. The second kappa shape index (κ2) is 43.6. The second-order valence-corrected chi connectivity index (χ2v) is 27.3. The van der Waals surface area contributed by atoms with E-state index in [1.807, 2.05) is 30.3 Å². The number of ether oxygens (including phenoxy) is 2. The average Bonchev–Trinajstić information content (AvgIpc) is 0.682. The van der Waals surface area contributed by atoms with Gasteiger partial charge in [-0.3, -0.25) is 0 Å². The van der Waals surface area contributed by atoms with Crippen LogP contribution >= 0.6 is 0 Å². The Bertz CT molecular complexity index is 2990. The Morgan fingerprint density at radius 3 is 0.687 bits per heavy atom. The van der Waals surface area contributed by atoms with Gasteiger partial charge in [0.25, 0.3) is 0 Å². The summed E-state index contributed by atoms with van der Waals surface area (Å²) < 4.78 is 305. The van der Waals surface area contributed by atoms with Crippen molar-refractivity contribution in [1.82, 2.24) is 0 Å². The first-order chi connectivity index (χ1) is 47.2. The molecule has 0 saturated carbocycles. The minimum Gasteiger partial charge on any atom is -0.462 e. The monoisotopic (exact) mass is 1450 g/mol. The van der Waals surface area contributed by atoms with Crippen molar-refractivity contribution in [3.8, 4) is 0 Å². The predicted octanol–water partition coefficient (Wildman–Crippen LogP) is 20.8. The molecular weight excluding hydrogens is 1360 g/mol. The van der Waals surface area contributed by atoms with Crippen molar-refractivity contribution in [2.75, 3.05) is 31.5 Å². The van der Waals surface area contributed by atoms with Gasteiger partial charge in [-0.15, -0.1) is 21.9 Å². The van der Waals surface area contributed by atoms with E-state index in [-0.39, 0.29) is 16.5 Å². The van der Waals surface area contributed by atoms with E-state index in [1.165, 1.54) is 180 Å². The molecule has 0 amide bonds. The van der Waals surface area contributed by atoms with Crippen LogP contribution in [-0.2, 0) is 30.0 Å². The lowest BCUT2D eigenvalue weighted by Gasteiger charge is -2.44. The summed E-state index contributed by atoms with van der Waals surface area (Å²) in [5, 5.41) is 0. The van der Waals surface area contributed by atoms with E-state index in [2.05, 4.69) is 26.4 Å². The third-order valence-electron chi connectivity index (χ3n) is 17.4. The molecule has 0 bridgehead atoms. The van der Waals surface area contributed by atoms with E-state index in [1.54, 1.807) is 0 Å². The van der Waals surface area contributed by atoms with Gasteiger partial charge < -0.3 is 9.47 Å². The highest BCUT2D eigenvalue weighted by Gasteiger charge is 2.52. The van der Waals surface area contributed by atoms with Gasteiger partial charge in [0, 0.05) is 5.57 Å². The molecule has 0 aliphatic rings. The SMILES string of the molecule is CCCCCCCCCCCCCCCCCCOC(=O)C(C(=O)OCCCCCCCCCCCCCCCCCC)=C(C[S+](C)C)c1ccccc1.Fc1c(F)c(F)c([B-](c2c(F)c(F)c(F)c(F)c2F)(c2c(F)c(F)c(F)c(F)c2F)c2c(F)c(F)c(F)c(F)c2F)c(F)c1F. The maximum atomic E-state index is 15.4. The van der Waals surface area contributed by atoms with Crippen LogP contribution in [0, 0.1) is 116 Å². The van der Waals surface area contributed by atoms with Crippen molar-refractivity contribution >= 4 is 56.4 Å². The Morgan fingerprint density at radius 1 is 0.293 bits per heavy atom. The summed E-state index contributed by atoms with van der Waals surface area (Å²) in [6, 6.07) is 9.84. The van der Waals surface area contributed by atoms with Crippen molar-refractivity contribution in [2.45, 2.75) is 219 Å². The van der Waals surface area contributed by atoms with Crippen molar-refractivity contribution < 1.29 is 107 Å². The Hall–Kier alpha value is -6.21. The molecule has 552 valence electrons. The Balaban J connectivity index is 0.000000426. The van der Waals surface area contributed by atoms with Crippen LogP contribution in [0.3, 0.4) is 0 Å². The summed E-state index contributed by atoms with van der Waals surface area (Å²) in [4.78, 5) is 27.1. The number of rotatable bonds is 43. The van der Waals surface area contributed by atoms with Crippen LogP contribution in [0.5, 0.6) is 0 Å². The van der Waals surface area contributed by atoms with Crippen LogP contribution in [0.15, 0.2) is 35.9 Å². The molecule has 0 unspecified atom stereocenters. The predicted molar refractivity (Wildman–Crippen MR) is 348 cm³/mol. The maximum Gasteiger partial charge on any atom is 0.346 e. The first-order valence-electron chi connectivity index (χ1n) is 34.1. The van der Waals surface area contributed by atoms with E-state index in [0.717, 1.165) is 36.8 Å². The van der Waals surface area contributed by atoms with Gasteiger partial charge in [-0.05, 0) is 29.3 Å². The lowest BCUT2D eigenvalue weighted by atomic mass is 9.12. The highest BCUT2D eigenvalue weighted by molar-refractivity contribution is 7.95. The van der Waals surface area contributed by atoms with Gasteiger partial charge in [-0.1, -0.05) is 237 Å². The van der Waals surface area contributed by atoms with E-state index in [9.17, 15) is 62.3 Å². The summed E-state index contributed by atoms with van der Waals surface area (Å²) in [6.07, 6.45) is 38.8. The van der Waals surface area contributed by atoms with E-state index in [4.69, 9.17) is 9.47 Å².